The third-order valence-electron chi connectivity index (χ3n) is 7.37. The molecule has 0 amide bonds. The van der Waals surface area contributed by atoms with Crippen molar-refractivity contribution in [1.29, 1.82) is 0 Å². The van der Waals surface area contributed by atoms with E-state index in [2.05, 4.69) is 68.0 Å². The molecule has 5 heterocycles. The molecule has 168 valence electrons. The molecule has 0 aliphatic carbocycles. The Hall–Kier alpha value is -2.41. The molecule has 3 aliphatic rings. The van der Waals surface area contributed by atoms with Crippen molar-refractivity contribution in [1.82, 2.24) is 19.2 Å². The summed E-state index contributed by atoms with van der Waals surface area (Å²) in [6.07, 6.45) is 7.77. The summed E-state index contributed by atoms with van der Waals surface area (Å²) in [4.78, 5) is 9.80. The number of nitrogens with zero attached hydrogens (tertiary/aromatic N) is 4. The molecule has 2 atom stereocenters. The monoisotopic (exact) mass is 432 g/mol. The van der Waals surface area contributed by atoms with E-state index in [4.69, 9.17) is 9.47 Å². The predicted molar refractivity (Wildman–Crippen MR) is 124 cm³/mol. The normalized spacial score (nSPS) is 23.9. The van der Waals surface area contributed by atoms with E-state index in [0.29, 0.717) is 12.0 Å². The summed E-state index contributed by atoms with van der Waals surface area (Å²) in [5, 5.41) is 0. The van der Waals surface area contributed by atoms with Gasteiger partial charge in [0.2, 0.25) is 0 Å². The van der Waals surface area contributed by atoms with Crippen LogP contribution in [0.25, 0.3) is 5.65 Å². The van der Waals surface area contributed by atoms with Gasteiger partial charge >= 0.3 is 0 Å². The molecule has 0 spiro atoms. The highest BCUT2D eigenvalue weighted by atomic mass is 16.5. The highest BCUT2D eigenvalue weighted by Gasteiger charge is 2.37. The molecular formula is C26H32N4O2. The van der Waals surface area contributed by atoms with Crippen molar-refractivity contribution >= 4 is 5.65 Å². The third-order valence-corrected chi connectivity index (χ3v) is 7.37. The van der Waals surface area contributed by atoms with Gasteiger partial charge in [0, 0.05) is 50.5 Å². The minimum atomic E-state index is 0.340. The molecule has 1 aromatic carbocycles. The van der Waals surface area contributed by atoms with Crippen LogP contribution in [0, 0.1) is 0 Å². The molecule has 0 saturated carbocycles. The third kappa shape index (κ3) is 3.81. The standard InChI is InChI=1S/C26H32N4O2/c1-2-11-30-25(18-27-26(30)6-1)23-19-29-10-3-5-24(29)22-17-20(7-8-21(22)23)32-14-4-9-28-12-15-31-16-13-28/h1-2,6-8,11,17-18,23-24H,3-5,9-10,12-16,19H2/t23-,24-/m0/s1. The van der Waals surface area contributed by atoms with Crippen LogP contribution in [0.4, 0.5) is 0 Å². The predicted octanol–water partition coefficient (Wildman–Crippen LogP) is 3.72. The van der Waals surface area contributed by atoms with Crippen LogP contribution >= 0.6 is 0 Å². The van der Waals surface area contributed by atoms with Crippen LogP contribution in [-0.4, -0.2) is 71.7 Å². The zero-order chi connectivity index (χ0) is 21.3. The summed E-state index contributed by atoms with van der Waals surface area (Å²) >= 11 is 0. The maximum atomic E-state index is 6.21. The summed E-state index contributed by atoms with van der Waals surface area (Å²) in [7, 11) is 0. The molecule has 6 heteroatoms. The topological polar surface area (TPSA) is 42.2 Å². The van der Waals surface area contributed by atoms with Gasteiger partial charge in [-0.05, 0) is 61.2 Å². The number of ether oxygens (including phenoxy) is 2. The summed E-state index contributed by atoms with van der Waals surface area (Å²) in [5.74, 6) is 1.35. The molecule has 2 fully saturated rings. The molecule has 0 unspecified atom stereocenters. The molecule has 0 N–H and O–H groups in total. The lowest BCUT2D eigenvalue weighted by molar-refractivity contribution is 0.0358. The summed E-state index contributed by atoms with van der Waals surface area (Å²) in [6.45, 7) is 7.90. The Kier molecular flexibility index (Phi) is 5.59. The second-order valence-electron chi connectivity index (χ2n) is 9.26. The van der Waals surface area contributed by atoms with Crippen molar-refractivity contribution in [3.63, 3.8) is 0 Å². The smallest absolute Gasteiger partial charge is 0.136 e. The first-order chi connectivity index (χ1) is 15.9. The minimum absolute atomic E-state index is 0.340. The van der Waals surface area contributed by atoms with E-state index in [-0.39, 0.29) is 0 Å². The van der Waals surface area contributed by atoms with Crippen molar-refractivity contribution in [2.45, 2.75) is 31.2 Å². The SMILES string of the molecule is c1ccn2c([C@H]3CN4CCC[C@H]4c4cc(OCCCN5CCOCC5)ccc43)cnc2c1. The average molecular weight is 433 g/mol. The van der Waals surface area contributed by atoms with Crippen LogP contribution < -0.4 is 4.74 Å². The Balaban J connectivity index is 1.22. The Morgan fingerprint density at radius 2 is 2.00 bits per heavy atom. The van der Waals surface area contributed by atoms with E-state index in [0.717, 1.165) is 63.8 Å². The van der Waals surface area contributed by atoms with E-state index in [1.807, 2.05) is 0 Å². The van der Waals surface area contributed by atoms with E-state index in [1.54, 1.807) is 0 Å². The van der Waals surface area contributed by atoms with Gasteiger partial charge in [0.1, 0.15) is 11.4 Å². The van der Waals surface area contributed by atoms with E-state index in [9.17, 15) is 0 Å². The second-order valence-corrected chi connectivity index (χ2v) is 9.26. The highest BCUT2D eigenvalue weighted by Crippen LogP contribution is 2.45. The Morgan fingerprint density at radius 3 is 2.94 bits per heavy atom. The van der Waals surface area contributed by atoms with Gasteiger partial charge in [-0.25, -0.2) is 4.98 Å². The summed E-state index contributed by atoms with van der Waals surface area (Å²) in [5.41, 5.74) is 5.20. The lowest BCUT2D eigenvalue weighted by Crippen LogP contribution is -2.37. The summed E-state index contributed by atoms with van der Waals surface area (Å²) in [6, 6.07) is 13.6. The fourth-order valence-electron chi connectivity index (χ4n) is 5.74. The summed E-state index contributed by atoms with van der Waals surface area (Å²) < 4.78 is 13.9. The number of rotatable bonds is 6. The van der Waals surface area contributed by atoms with Crippen LogP contribution in [0.15, 0.2) is 48.8 Å². The molecule has 3 aliphatic heterocycles. The number of imidazole rings is 1. The van der Waals surface area contributed by atoms with E-state index in [1.165, 1.54) is 36.2 Å². The first-order valence-corrected chi connectivity index (χ1v) is 12.1. The Bertz CT molecular complexity index is 1070. The van der Waals surface area contributed by atoms with Gasteiger partial charge in [-0.2, -0.15) is 0 Å². The number of pyridine rings is 1. The van der Waals surface area contributed by atoms with Gasteiger partial charge in [-0.15, -0.1) is 0 Å². The van der Waals surface area contributed by atoms with Crippen LogP contribution in [0.2, 0.25) is 0 Å². The zero-order valence-electron chi connectivity index (χ0n) is 18.7. The number of aromatic nitrogens is 2. The van der Waals surface area contributed by atoms with Gasteiger partial charge in [0.05, 0.1) is 25.5 Å². The molecule has 0 radical (unpaired) electrons. The maximum Gasteiger partial charge on any atom is 0.136 e. The number of hydrogen-bond donors (Lipinski definition) is 0. The molecular weight excluding hydrogens is 400 g/mol. The van der Waals surface area contributed by atoms with Crippen molar-refractivity contribution in [3.8, 4) is 5.75 Å². The van der Waals surface area contributed by atoms with Gasteiger partial charge in [0.25, 0.3) is 0 Å². The van der Waals surface area contributed by atoms with Crippen LogP contribution in [0.5, 0.6) is 5.75 Å². The van der Waals surface area contributed by atoms with Gasteiger partial charge in [-0.3, -0.25) is 9.80 Å². The van der Waals surface area contributed by atoms with E-state index >= 15 is 0 Å². The molecule has 2 saturated heterocycles. The zero-order valence-corrected chi connectivity index (χ0v) is 18.7. The first-order valence-electron chi connectivity index (χ1n) is 12.1. The van der Waals surface area contributed by atoms with Gasteiger partial charge in [-0.1, -0.05) is 12.1 Å². The lowest BCUT2D eigenvalue weighted by Gasteiger charge is -2.37. The minimum Gasteiger partial charge on any atom is -0.494 e. The molecule has 6 nitrogen and oxygen atoms in total. The average Bonchev–Trinajstić information content (AvgIpc) is 3.49. The van der Waals surface area contributed by atoms with Crippen LogP contribution in [-0.2, 0) is 4.74 Å². The molecule has 6 rings (SSSR count). The van der Waals surface area contributed by atoms with Crippen molar-refractivity contribution in [3.05, 3.63) is 65.6 Å². The molecule has 32 heavy (non-hydrogen) atoms. The quantitative estimate of drug-likeness (QED) is 0.556. The van der Waals surface area contributed by atoms with Gasteiger partial charge in [0.15, 0.2) is 0 Å². The number of hydrogen-bond acceptors (Lipinski definition) is 5. The molecule has 0 bridgehead atoms. The second kappa shape index (κ2) is 8.85. The van der Waals surface area contributed by atoms with E-state index < -0.39 is 0 Å². The number of fused-ring (bicyclic) bond motifs is 4. The highest BCUT2D eigenvalue weighted by molar-refractivity contribution is 5.48. The van der Waals surface area contributed by atoms with Crippen molar-refractivity contribution in [2.75, 3.05) is 52.5 Å². The molecule has 2 aromatic heterocycles. The fourth-order valence-corrected chi connectivity index (χ4v) is 5.74. The lowest BCUT2D eigenvalue weighted by atomic mass is 9.83. The molecule has 3 aromatic rings. The first kappa shape index (κ1) is 20.2. The Morgan fingerprint density at radius 1 is 1.06 bits per heavy atom. The fraction of sp³-hybridized carbons (Fsp3) is 0.500. The number of morpholine rings is 1. The van der Waals surface area contributed by atoms with Crippen molar-refractivity contribution < 1.29 is 9.47 Å². The van der Waals surface area contributed by atoms with Crippen molar-refractivity contribution in [2.24, 2.45) is 0 Å². The van der Waals surface area contributed by atoms with Gasteiger partial charge < -0.3 is 13.9 Å². The largest absolute Gasteiger partial charge is 0.494 e. The maximum absolute atomic E-state index is 6.21. The Labute approximate surface area is 189 Å². The van der Waals surface area contributed by atoms with Crippen LogP contribution in [0.1, 0.15) is 48.0 Å². The van der Waals surface area contributed by atoms with Crippen LogP contribution in [0.3, 0.4) is 0 Å². The number of benzene rings is 1.